The molecule has 1 N–H and O–H groups in total. The van der Waals surface area contributed by atoms with E-state index in [0.717, 1.165) is 18.7 Å². The highest BCUT2D eigenvalue weighted by Gasteiger charge is 2.28. The molecule has 22 heavy (non-hydrogen) atoms. The second-order valence-corrected chi connectivity index (χ2v) is 7.32. The predicted octanol–water partition coefficient (Wildman–Crippen LogP) is 3.80. The molecule has 0 bridgehead atoms. The smallest absolute Gasteiger partial charge is 0.251 e. The van der Waals surface area contributed by atoms with E-state index < -0.39 is 0 Å². The van der Waals surface area contributed by atoms with Gasteiger partial charge in [0.15, 0.2) is 0 Å². The SMILES string of the molecule is CC(C)c1ccc(C(=O)NCC(C)(C)N2CCCCC2)cc1. The van der Waals surface area contributed by atoms with Crippen molar-refractivity contribution in [1.29, 1.82) is 0 Å². The van der Waals surface area contributed by atoms with Crippen LogP contribution in [0.4, 0.5) is 0 Å². The highest BCUT2D eigenvalue weighted by molar-refractivity contribution is 5.94. The fraction of sp³-hybridized carbons (Fsp3) is 0.632. The summed E-state index contributed by atoms with van der Waals surface area (Å²) < 4.78 is 0. The Kier molecular flexibility index (Phi) is 5.63. The van der Waals surface area contributed by atoms with Crippen LogP contribution in [0.3, 0.4) is 0 Å². The lowest BCUT2D eigenvalue weighted by Gasteiger charge is -2.41. The van der Waals surface area contributed by atoms with Crippen molar-refractivity contribution < 1.29 is 4.79 Å². The lowest BCUT2D eigenvalue weighted by molar-refractivity contribution is 0.0797. The fourth-order valence-electron chi connectivity index (χ4n) is 3.03. The molecule has 1 fully saturated rings. The first kappa shape index (κ1) is 17.0. The van der Waals surface area contributed by atoms with Crippen molar-refractivity contribution in [2.75, 3.05) is 19.6 Å². The quantitative estimate of drug-likeness (QED) is 0.897. The maximum Gasteiger partial charge on any atom is 0.251 e. The van der Waals surface area contributed by atoms with E-state index in [-0.39, 0.29) is 11.4 Å². The van der Waals surface area contributed by atoms with E-state index >= 15 is 0 Å². The summed E-state index contributed by atoms with van der Waals surface area (Å²) in [5.41, 5.74) is 2.04. The number of amides is 1. The van der Waals surface area contributed by atoms with Crippen molar-refractivity contribution in [2.24, 2.45) is 0 Å². The molecule has 0 aromatic heterocycles. The zero-order valence-corrected chi connectivity index (χ0v) is 14.5. The van der Waals surface area contributed by atoms with Crippen LogP contribution in [0.2, 0.25) is 0 Å². The molecule has 1 aromatic rings. The van der Waals surface area contributed by atoms with E-state index in [1.165, 1.54) is 24.8 Å². The van der Waals surface area contributed by atoms with Crippen molar-refractivity contribution in [1.82, 2.24) is 10.2 Å². The Hall–Kier alpha value is -1.35. The normalized spacial score (nSPS) is 16.8. The summed E-state index contributed by atoms with van der Waals surface area (Å²) in [7, 11) is 0. The molecule has 0 radical (unpaired) electrons. The van der Waals surface area contributed by atoms with Crippen LogP contribution in [0.15, 0.2) is 24.3 Å². The zero-order valence-electron chi connectivity index (χ0n) is 14.5. The molecule has 0 atom stereocenters. The standard InChI is InChI=1S/C19H30N2O/c1-15(2)16-8-10-17(11-9-16)18(22)20-14-19(3,4)21-12-6-5-7-13-21/h8-11,15H,5-7,12-14H2,1-4H3,(H,20,22). The first-order valence-corrected chi connectivity index (χ1v) is 8.53. The van der Waals surface area contributed by atoms with Crippen LogP contribution >= 0.6 is 0 Å². The summed E-state index contributed by atoms with van der Waals surface area (Å²) in [5, 5.41) is 3.10. The summed E-state index contributed by atoms with van der Waals surface area (Å²) in [6.45, 7) is 11.8. The highest BCUT2D eigenvalue weighted by atomic mass is 16.1. The van der Waals surface area contributed by atoms with E-state index in [1.54, 1.807) is 0 Å². The molecule has 0 saturated carbocycles. The molecule has 122 valence electrons. The van der Waals surface area contributed by atoms with E-state index in [4.69, 9.17) is 0 Å². The van der Waals surface area contributed by atoms with Crippen LogP contribution < -0.4 is 5.32 Å². The number of nitrogens with one attached hydrogen (secondary N) is 1. The second-order valence-electron chi connectivity index (χ2n) is 7.32. The molecule has 1 aromatic carbocycles. The summed E-state index contributed by atoms with van der Waals surface area (Å²) in [6, 6.07) is 7.96. The number of likely N-dealkylation sites (tertiary alicyclic amines) is 1. The Bertz CT molecular complexity index is 485. The van der Waals surface area contributed by atoms with E-state index in [1.807, 2.05) is 12.1 Å². The molecular weight excluding hydrogens is 272 g/mol. The van der Waals surface area contributed by atoms with Crippen LogP contribution in [0, 0.1) is 0 Å². The Morgan fingerprint density at radius 1 is 1.14 bits per heavy atom. The number of benzene rings is 1. The van der Waals surface area contributed by atoms with E-state index in [9.17, 15) is 4.79 Å². The lowest BCUT2D eigenvalue weighted by Crippen LogP contribution is -2.53. The molecular formula is C19H30N2O. The Balaban J connectivity index is 1.91. The van der Waals surface area contributed by atoms with Crippen molar-refractivity contribution in [2.45, 2.75) is 58.4 Å². The number of carbonyl (C=O) groups excluding carboxylic acids is 1. The van der Waals surface area contributed by atoms with Gasteiger partial charge >= 0.3 is 0 Å². The minimum absolute atomic E-state index is 0.0218. The maximum absolute atomic E-state index is 12.3. The third-order valence-electron chi connectivity index (χ3n) is 4.73. The van der Waals surface area contributed by atoms with Gasteiger partial charge in [-0.1, -0.05) is 32.4 Å². The van der Waals surface area contributed by atoms with Gasteiger partial charge in [-0.05, 0) is 63.4 Å². The van der Waals surface area contributed by atoms with E-state index in [2.05, 4.69) is 50.0 Å². The Morgan fingerprint density at radius 2 is 1.73 bits per heavy atom. The van der Waals surface area contributed by atoms with Crippen molar-refractivity contribution in [3.63, 3.8) is 0 Å². The second kappa shape index (κ2) is 7.28. The zero-order chi connectivity index (χ0) is 16.2. The summed E-state index contributed by atoms with van der Waals surface area (Å²) in [6.07, 6.45) is 3.88. The molecule has 0 unspecified atom stereocenters. The molecule has 1 amide bonds. The molecule has 2 rings (SSSR count). The third-order valence-corrected chi connectivity index (χ3v) is 4.73. The first-order valence-electron chi connectivity index (χ1n) is 8.53. The van der Waals surface area contributed by atoms with Gasteiger partial charge in [0.2, 0.25) is 0 Å². The van der Waals surface area contributed by atoms with Crippen LogP contribution in [-0.4, -0.2) is 36.0 Å². The summed E-state index contributed by atoms with van der Waals surface area (Å²) in [4.78, 5) is 14.8. The van der Waals surface area contributed by atoms with Crippen LogP contribution in [0.5, 0.6) is 0 Å². The van der Waals surface area contributed by atoms with Gasteiger partial charge in [0.1, 0.15) is 0 Å². The third kappa shape index (κ3) is 4.33. The summed E-state index contributed by atoms with van der Waals surface area (Å²) >= 11 is 0. The maximum atomic E-state index is 12.3. The molecule has 1 saturated heterocycles. The number of hydrogen-bond acceptors (Lipinski definition) is 2. The number of carbonyl (C=O) groups is 1. The molecule has 0 spiro atoms. The minimum atomic E-state index is 0.0218. The lowest BCUT2D eigenvalue weighted by atomic mass is 9.98. The van der Waals surface area contributed by atoms with Gasteiger partial charge in [0.25, 0.3) is 5.91 Å². The predicted molar refractivity (Wildman–Crippen MR) is 92.4 cm³/mol. The Morgan fingerprint density at radius 3 is 2.27 bits per heavy atom. The Labute approximate surface area is 135 Å². The first-order chi connectivity index (χ1) is 10.4. The van der Waals surface area contributed by atoms with Gasteiger partial charge < -0.3 is 5.32 Å². The molecule has 1 aliphatic heterocycles. The molecule has 3 nitrogen and oxygen atoms in total. The minimum Gasteiger partial charge on any atom is -0.350 e. The molecule has 1 aliphatic rings. The van der Waals surface area contributed by atoms with Gasteiger partial charge in [-0.15, -0.1) is 0 Å². The van der Waals surface area contributed by atoms with Gasteiger partial charge in [-0.3, -0.25) is 9.69 Å². The van der Waals surface area contributed by atoms with Gasteiger partial charge in [-0.2, -0.15) is 0 Å². The highest BCUT2D eigenvalue weighted by Crippen LogP contribution is 2.20. The fourth-order valence-corrected chi connectivity index (χ4v) is 3.03. The van der Waals surface area contributed by atoms with Gasteiger partial charge in [0.05, 0.1) is 0 Å². The number of nitrogens with zero attached hydrogens (tertiary/aromatic N) is 1. The number of piperidine rings is 1. The largest absolute Gasteiger partial charge is 0.350 e. The van der Waals surface area contributed by atoms with Gasteiger partial charge in [-0.25, -0.2) is 0 Å². The number of rotatable bonds is 5. The molecule has 3 heteroatoms. The average molecular weight is 302 g/mol. The van der Waals surface area contributed by atoms with E-state index in [0.29, 0.717) is 12.5 Å². The van der Waals surface area contributed by atoms with Crippen LogP contribution in [0.25, 0.3) is 0 Å². The van der Waals surface area contributed by atoms with Crippen molar-refractivity contribution in [3.8, 4) is 0 Å². The molecule has 0 aliphatic carbocycles. The van der Waals surface area contributed by atoms with Crippen LogP contribution in [-0.2, 0) is 0 Å². The van der Waals surface area contributed by atoms with Gasteiger partial charge in [0, 0.05) is 17.6 Å². The average Bonchev–Trinajstić information content (AvgIpc) is 2.53. The topological polar surface area (TPSA) is 32.3 Å². The monoisotopic (exact) mass is 302 g/mol. The summed E-state index contributed by atoms with van der Waals surface area (Å²) in [5.74, 6) is 0.524. The molecule has 1 heterocycles. The van der Waals surface area contributed by atoms with Crippen LogP contribution in [0.1, 0.15) is 68.8 Å². The number of hydrogen-bond donors (Lipinski definition) is 1. The van der Waals surface area contributed by atoms with Crippen molar-refractivity contribution >= 4 is 5.91 Å². The van der Waals surface area contributed by atoms with Crippen molar-refractivity contribution in [3.05, 3.63) is 35.4 Å².